The van der Waals surface area contributed by atoms with Crippen LogP contribution in [0.3, 0.4) is 0 Å². The Morgan fingerprint density at radius 2 is 2.36 bits per heavy atom. The molecule has 0 bridgehead atoms. The zero-order valence-corrected chi connectivity index (χ0v) is 7.42. The fourth-order valence-corrected chi connectivity index (χ4v) is 1.32. The average Bonchev–Trinajstić information content (AvgIpc) is 2.13. The van der Waals surface area contributed by atoms with Gasteiger partial charge in [-0.2, -0.15) is 0 Å². The van der Waals surface area contributed by atoms with E-state index in [9.17, 15) is 0 Å². The molecule has 2 N–H and O–H groups in total. The molecule has 3 nitrogen and oxygen atoms in total. The van der Waals surface area contributed by atoms with Crippen molar-refractivity contribution in [2.45, 2.75) is 13.0 Å². The van der Waals surface area contributed by atoms with Crippen LogP contribution in [0.25, 0.3) is 0 Å². The number of nitrogens with two attached hydrogens (primary N) is 1. The topological polar surface area (TPSA) is 38.5 Å². The first-order valence-electron chi connectivity index (χ1n) is 4.22. The molecule has 0 spiro atoms. The summed E-state index contributed by atoms with van der Waals surface area (Å²) < 4.78 is 5.42. The van der Waals surface area contributed by atoms with E-state index in [1.165, 1.54) is 0 Å². The van der Waals surface area contributed by atoms with Gasteiger partial charge in [-0.25, -0.2) is 0 Å². The summed E-state index contributed by atoms with van der Waals surface area (Å²) in [7, 11) is 2.12. The second-order valence-corrected chi connectivity index (χ2v) is 3.46. The molecule has 0 aliphatic carbocycles. The molecule has 1 heterocycles. The van der Waals surface area contributed by atoms with Gasteiger partial charge in [-0.05, 0) is 14.0 Å². The second kappa shape index (κ2) is 4.04. The van der Waals surface area contributed by atoms with Gasteiger partial charge in [0.15, 0.2) is 0 Å². The Labute approximate surface area is 68.5 Å². The fraction of sp³-hybridized carbons (Fsp3) is 1.00. The molecular formula is C8H18N2O. The van der Waals surface area contributed by atoms with Gasteiger partial charge in [0.25, 0.3) is 0 Å². The summed E-state index contributed by atoms with van der Waals surface area (Å²) in [6, 6.07) is 0.246. The Morgan fingerprint density at radius 3 is 3.00 bits per heavy atom. The van der Waals surface area contributed by atoms with E-state index in [0.717, 1.165) is 26.3 Å². The lowest BCUT2D eigenvalue weighted by molar-refractivity contribution is 0.116. The van der Waals surface area contributed by atoms with Crippen LogP contribution in [0.2, 0.25) is 0 Å². The van der Waals surface area contributed by atoms with Crippen molar-refractivity contribution >= 4 is 0 Å². The summed E-state index contributed by atoms with van der Waals surface area (Å²) in [6.45, 7) is 5.82. The van der Waals surface area contributed by atoms with E-state index in [2.05, 4.69) is 11.9 Å². The number of ether oxygens (including phenoxy) is 1. The van der Waals surface area contributed by atoms with Crippen molar-refractivity contribution in [3.8, 4) is 0 Å². The average molecular weight is 158 g/mol. The third kappa shape index (κ3) is 2.77. The molecule has 0 saturated carbocycles. The van der Waals surface area contributed by atoms with E-state index in [-0.39, 0.29) is 6.04 Å². The van der Waals surface area contributed by atoms with Crippen LogP contribution in [0.4, 0.5) is 0 Å². The molecule has 0 amide bonds. The normalized spacial score (nSPS) is 31.4. The van der Waals surface area contributed by atoms with Crippen molar-refractivity contribution < 1.29 is 4.74 Å². The van der Waals surface area contributed by atoms with E-state index < -0.39 is 0 Å². The molecule has 0 aromatic rings. The third-order valence-corrected chi connectivity index (χ3v) is 2.24. The van der Waals surface area contributed by atoms with E-state index in [0.29, 0.717) is 5.92 Å². The summed E-state index contributed by atoms with van der Waals surface area (Å²) in [5.74, 6) is 0.502. The Hall–Kier alpha value is -0.120. The standard InChI is InChI=1S/C8H18N2O/c1-7(9)8-5-10(2)3-4-11-6-8/h7-8H,3-6,9H2,1-2H3. The Morgan fingerprint density at radius 1 is 1.64 bits per heavy atom. The first-order valence-corrected chi connectivity index (χ1v) is 4.22. The van der Waals surface area contributed by atoms with Gasteiger partial charge >= 0.3 is 0 Å². The summed E-state index contributed by atoms with van der Waals surface area (Å²) in [6.07, 6.45) is 0. The Kier molecular flexibility index (Phi) is 3.30. The molecule has 1 aliphatic heterocycles. The van der Waals surface area contributed by atoms with Crippen LogP contribution in [0.15, 0.2) is 0 Å². The molecule has 2 atom stereocenters. The van der Waals surface area contributed by atoms with Gasteiger partial charge in [-0.3, -0.25) is 0 Å². The summed E-state index contributed by atoms with van der Waals surface area (Å²) in [5, 5.41) is 0. The number of nitrogens with zero attached hydrogens (tertiary/aromatic N) is 1. The van der Waals surface area contributed by atoms with Crippen LogP contribution in [0.1, 0.15) is 6.92 Å². The Bertz CT molecular complexity index is 117. The maximum Gasteiger partial charge on any atom is 0.0593 e. The molecule has 3 heteroatoms. The van der Waals surface area contributed by atoms with E-state index >= 15 is 0 Å². The molecular weight excluding hydrogens is 140 g/mol. The minimum Gasteiger partial charge on any atom is -0.380 e. The summed E-state index contributed by atoms with van der Waals surface area (Å²) >= 11 is 0. The highest BCUT2D eigenvalue weighted by atomic mass is 16.5. The number of hydrogen-bond acceptors (Lipinski definition) is 3. The molecule has 11 heavy (non-hydrogen) atoms. The molecule has 0 aromatic carbocycles. The van der Waals surface area contributed by atoms with Gasteiger partial charge in [-0.1, -0.05) is 0 Å². The van der Waals surface area contributed by atoms with Crippen molar-refractivity contribution in [1.29, 1.82) is 0 Å². The highest BCUT2D eigenvalue weighted by Gasteiger charge is 2.18. The van der Waals surface area contributed by atoms with Gasteiger partial charge < -0.3 is 15.4 Å². The molecule has 0 aromatic heterocycles. The largest absolute Gasteiger partial charge is 0.380 e. The molecule has 1 aliphatic rings. The monoisotopic (exact) mass is 158 g/mol. The maximum atomic E-state index is 5.79. The molecule has 2 unspecified atom stereocenters. The highest BCUT2D eigenvalue weighted by Crippen LogP contribution is 2.07. The molecule has 1 rings (SSSR count). The number of hydrogen-bond donors (Lipinski definition) is 1. The lowest BCUT2D eigenvalue weighted by Crippen LogP contribution is -2.36. The van der Waals surface area contributed by atoms with E-state index in [1.807, 2.05) is 6.92 Å². The van der Waals surface area contributed by atoms with Gasteiger partial charge in [0.05, 0.1) is 13.2 Å². The zero-order chi connectivity index (χ0) is 8.27. The van der Waals surface area contributed by atoms with Crippen LogP contribution in [-0.4, -0.2) is 44.3 Å². The first kappa shape index (κ1) is 8.97. The summed E-state index contributed by atoms with van der Waals surface area (Å²) in [5.41, 5.74) is 5.79. The van der Waals surface area contributed by atoms with E-state index in [1.54, 1.807) is 0 Å². The van der Waals surface area contributed by atoms with Gasteiger partial charge in [0, 0.05) is 25.0 Å². The number of likely N-dealkylation sites (N-methyl/N-ethyl adjacent to an activating group) is 1. The minimum atomic E-state index is 0.246. The quantitative estimate of drug-likeness (QED) is 0.579. The van der Waals surface area contributed by atoms with Gasteiger partial charge in [0.2, 0.25) is 0 Å². The minimum absolute atomic E-state index is 0.246. The third-order valence-electron chi connectivity index (χ3n) is 2.24. The lowest BCUT2D eigenvalue weighted by atomic mass is 10.0. The van der Waals surface area contributed by atoms with E-state index in [4.69, 9.17) is 10.5 Å². The van der Waals surface area contributed by atoms with Crippen molar-refractivity contribution in [3.63, 3.8) is 0 Å². The second-order valence-electron chi connectivity index (χ2n) is 3.46. The van der Waals surface area contributed by atoms with Gasteiger partial charge in [-0.15, -0.1) is 0 Å². The molecule has 66 valence electrons. The number of rotatable bonds is 1. The molecule has 1 fully saturated rings. The SMILES string of the molecule is CC(N)C1COCCN(C)C1. The lowest BCUT2D eigenvalue weighted by Gasteiger charge is -2.21. The summed E-state index contributed by atoms with van der Waals surface area (Å²) in [4.78, 5) is 2.28. The van der Waals surface area contributed by atoms with Gasteiger partial charge in [0.1, 0.15) is 0 Å². The van der Waals surface area contributed by atoms with Crippen LogP contribution < -0.4 is 5.73 Å². The van der Waals surface area contributed by atoms with Crippen LogP contribution in [-0.2, 0) is 4.74 Å². The molecule has 0 radical (unpaired) electrons. The van der Waals surface area contributed by atoms with Crippen LogP contribution in [0, 0.1) is 5.92 Å². The first-order chi connectivity index (χ1) is 5.20. The molecule has 1 saturated heterocycles. The van der Waals surface area contributed by atoms with Crippen LogP contribution in [0.5, 0.6) is 0 Å². The van der Waals surface area contributed by atoms with Crippen molar-refractivity contribution in [3.05, 3.63) is 0 Å². The smallest absolute Gasteiger partial charge is 0.0593 e. The highest BCUT2D eigenvalue weighted by molar-refractivity contribution is 4.73. The zero-order valence-electron chi connectivity index (χ0n) is 7.42. The fourth-order valence-electron chi connectivity index (χ4n) is 1.32. The maximum absolute atomic E-state index is 5.79. The Balaban J connectivity index is 2.39. The van der Waals surface area contributed by atoms with Crippen molar-refractivity contribution in [1.82, 2.24) is 4.90 Å². The predicted molar refractivity (Wildman–Crippen MR) is 45.5 cm³/mol. The van der Waals surface area contributed by atoms with Crippen molar-refractivity contribution in [2.24, 2.45) is 11.7 Å². The van der Waals surface area contributed by atoms with Crippen molar-refractivity contribution in [2.75, 3.05) is 33.4 Å². The predicted octanol–water partition coefficient (Wildman–Crippen LogP) is -0.0882. The van der Waals surface area contributed by atoms with Crippen LogP contribution >= 0.6 is 0 Å².